The fraction of sp³-hybridized carbons (Fsp3) is 0.118. The molecule has 0 fully saturated rings. The highest BCUT2D eigenvalue weighted by Gasteiger charge is 2.12. The molecule has 2 heterocycles. The molecule has 0 atom stereocenters. The molecule has 2 aromatic heterocycles. The number of nitrogens with one attached hydrogen (secondary N) is 2. The molecule has 23 heavy (non-hydrogen) atoms. The number of thiazole rings is 1. The van der Waals surface area contributed by atoms with Gasteiger partial charge in [-0.05, 0) is 37.6 Å². The summed E-state index contributed by atoms with van der Waals surface area (Å²) < 4.78 is 0. The first-order valence-corrected chi connectivity index (χ1v) is 8.02. The van der Waals surface area contributed by atoms with E-state index in [1.807, 2.05) is 50.2 Å². The van der Waals surface area contributed by atoms with Gasteiger partial charge in [0.05, 0.1) is 0 Å². The summed E-state index contributed by atoms with van der Waals surface area (Å²) >= 11 is 1.37. The van der Waals surface area contributed by atoms with Gasteiger partial charge in [0.2, 0.25) is 0 Å². The molecule has 2 N–H and O–H groups in total. The summed E-state index contributed by atoms with van der Waals surface area (Å²) in [4.78, 5) is 20.8. The second kappa shape index (κ2) is 6.58. The standard InChI is InChI=1S/C17H16N4OS/c1-11-6-7-13(12(2)9-11)19-16(22)14-10-23-17(20-14)21-15-5-3-4-8-18-15/h3-10H,1-2H3,(H,19,22)(H,18,20,21). The summed E-state index contributed by atoms with van der Waals surface area (Å²) in [5.74, 6) is 0.477. The van der Waals surface area contributed by atoms with E-state index in [2.05, 4.69) is 20.6 Å². The lowest BCUT2D eigenvalue weighted by molar-refractivity contribution is 0.102. The molecular formula is C17H16N4OS. The zero-order valence-corrected chi connectivity index (χ0v) is 13.6. The number of aromatic nitrogens is 2. The van der Waals surface area contributed by atoms with Crippen molar-refractivity contribution < 1.29 is 4.79 Å². The average Bonchev–Trinajstić information content (AvgIpc) is 3.00. The molecule has 1 amide bonds. The number of pyridine rings is 1. The first-order chi connectivity index (χ1) is 11.1. The molecule has 0 unspecified atom stereocenters. The van der Waals surface area contributed by atoms with E-state index in [1.54, 1.807) is 11.6 Å². The first kappa shape index (κ1) is 15.2. The largest absolute Gasteiger partial charge is 0.320 e. The Bertz CT molecular complexity index is 830. The van der Waals surface area contributed by atoms with Crippen molar-refractivity contribution >= 4 is 33.9 Å². The first-order valence-electron chi connectivity index (χ1n) is 7.14. The number of benzene rings is 1. The molecule has 1 aromatic carbocycles. The number of nitrogens with zero attached hydrogens (tertiary/aromatic N) is 2. The predicted molar refractivity (Wildman–Crippen MR) is 93.5 cm³/mol. The van der Waals surface area contributed by atoms with Gasteiger partial charge in [-0.3, -0.25) is 4.79 Å². The smallest absolute Gasteiger partial charge is 0.275 e. The summed E-state index contributed by atoms with van der Waals surface area (Å²) in [6, 6.07) is 11.5. The Morgan fingerprint density at radius 1 is 1.17 bits per heavy atom. The summed E-state index contributed by atoms with van der Waals surface area (Å²) in [6.07, 6.45) is 1.70. The average molecular weight is 324 g/mol. The van der Waals surface area contributed by atoms with Crippen LogP contribution in [0.25, 0.3) is 0 Å². The van der Waals surface area contributed by atoms with Crippen LogP contribution in [-0.2, 0) is 0 Å². The lowest BCUT2D eigenvalue weighted by Crippen LogP contribution is -2.13. The van der Waals surface area contributed by atoms with Gasteiger partial charge in [0.1, 0.15) is 11.5 Å². The van der Waals surface area contributed by atoms with Gasteiger partial charge in [-0.25, -0.2) is 9.97 Å². The van der Waals surface area contributed by atoms with E-state index in [1.165, 1.54) is 11.3 Å². The molecule has 0 spiro atoms. The molecule has 6 heteroatoms. The van der Waals surface area contributed by atoms with Crippen LogP contribution in [0.3, 0.4) is 0 Å². The fourth-order valence-corrected chi connectivity index (χ4v) is 2.82. The quantitative estimate of drug-likeness (QED) is 0.756. The van der Waals surface area contributed by atoms with Crippen molar-refractivity contribution in [3.05, 3.63) is 64.8 Å². The third-order valence-corrected chi connectivity index (χ3v) is 4.02. The molecule has 116 valence electrons. The molecule has 5 nitrogen and oxygen atoms in total. The number of aryl methyl sites for hydroxylation is 2. The van der Waals surface area contributed by atoms with Crippen LogP contribution < -0.4 is 10.6 Å². The molecule has 0 saturated heterocycles. The summed E-state index contributed by atoms with van der Waals surface area (Å²) in [6.45, 7) is 3.99. The number of amides is 1. The van der Waals surface area contributed by atoms with Gasteiger partial charge in [-0.15, -0.1) is 11.3 Å². The van der Waals surface area contributed by atoms with Crippen LogP contribution in [0.15, 0.2) is 48.0 Å². The normalized spacial score (nSPS) is 10.3. The van der Waals surface area contributed by atoms with Gasteiger partial charge >= 0.3 is 0 Å². The highest BCUT2D eigenvalue weighted by atomic mass is 32.1. The van der Waals surface area contributed by atoms with Gasteiger partial charge < -0.3 is 10.6 Å². The van der Waals surface area contributed by atoms with E-state index >= 15 is 0 Å². The van der Waals surface area contributed by atoms with Crippen LogP contribution in [0, 0.1) is 13.8 Å². The number of anilines is 3. The molecule has 3 rings (SSSR count). The van der Waals surface area contributed by atoms with E-state index in [-0.39, 0.29) is 5.91 Å². The van der Waals surface area contributed by atoms with Crippen LogP contribution in [0.5, 0.6) is 0 Å². The maximum atomic E-state index is 12.3. The van der Waals surface area contributed by atoms with Gasteiger partial charge in [0.25, 0.3) is 5.91 Å². The topological polar surface area (TPSA) is 66.9 Å². The maximum Gasteiger partial charge on any atom is 0.275 e. The Labute approximate surface area is 138 Å². The molecule has 0 aliphatic carbocycles. The van der Waals surface area contributed by atoms with Gasteiger partial charge in [0, 0.05) is 17.3 Å². The van der Waals surface area contributed by atoms with Crippen LogP contribution >= 0.6 is 11.3 Å². The van der Waals surface area contributed by atoms with E-state index in [4.69, 9.17) is 0 Å². The van der Waals surface area contributed by atoms with Crippen molar-refractivity contribution in [2.45, 2.75) is 13.8 Å². The number of hydrogen-bond acceptors (Lipinski definition) is 5. The monoisotopic (exact) mass is 324 g/mol. The van der Waals surface area contributed by atoms with Crippen molar-refractivity contribution in [3.63, 3.8) is 0 Å². The molecule has 0 aliphatic heterocycles. The highest BCUT2D eigenvalue weighted by molar-refractivity contribution is 7.14. The molecule has 0 radical (unpaired) electrons. The molecule has 3 aromatic rings. The van der Waals surface area contributed by atoms with E-state index in [0.717, 1.165) is 16.8 Å². The molecule has 0 aliphatic rings. The second-order valence-electron chi connectivity index (χ2n) is 5.15. The Hall–Kier alpha value is -2.73. The summed E-state index contributed by atoms with van der Waals surface area (Å²) in [7, 11) is 0. The minimum absolute atomic E-state index is 0.220. The van der Waals surface area contributed by atoms with Crippen molar-refractivity contribution in [1.29, 1.82) is 0 Å². The molecule has 0 bridgehead atoms. The summed E-state index contributed by atoms with van der Waals surface area (Å²) in [5, 5.41) is 8.33. The van der Waals surface area contributed by atoms with Crippen molar-refractivity contribution in [2.75, 3.05) is 10.6 Å². The number of rotatable bonds is 4. The summed E-state index contributed by atoms with van der Waals surface area (Å²) in [5.41, 5.74) is 3.37. The fourth-order valence-electron chi connectivity index (χ4n) is 2.12. The minimum atomic E-state index is -0.220. The third kappa shape index (κ3) is 3.73. The Kier molecular flexibility index (Phi) is 4.34. The predicted octanol–water partition coefficient (Wildman–Crippen LogP) is 4.15. The Morgan fingerprint density at radius 3 is 2.78 bits per heavy atom. The Balaban J connectivity index is 1.71. The van der Waals surface area contributed by atoms with Crippen LogP contribution in [-0.4, -0.2) is 15.9 Å². The minimum Gasteiger partial charge on any atom is -0.320 e. The van der Waals surface area contributed by atoms with Crippen LogP contribution in [0.2, 0.25) is 0 Å². The number of carbonyl (C=O) groups is 1. The van der Waals surface area contributed by atoms with Crippen molar-refractivity contribution in [2.24, 2.45) is 0 Å². The third-order valence-electron chi connectivity index (χ3n) is 3.27. The van der Waals surface area contributed by atoms with E-state index < -0.39 is 0 Å². The zero-order valence-electron chi connectivity index (χ0n) is 12.8. The molecule has 0 saturated carbocycles. The van der Waals surface area contributed by atoms with Crippen LogP contribution in [0.4, 0.5) is 16.6 Å². The van der Waals surface area contributed by atoms with Gasteiger partial charge in [0.15, 0.2) is 5.13 Å². The van der Waals surface area contributed by atoms with Crippen molar-refractivity contribution in [1.82, 2.24) is 9.97 Å². The van der Waals surface area contributed by atoms with Gasteiger partial charge in [-0.1, -0.05) is 23.8 Å². The van der Waals surface area contributed by atoms with Crippen LogP contribution in [0.1, 0.15) is 21.6 Å². The van der Waals surface area contributed by atoms with E-state index in [0.29, 0.717) is 16.6 Å². The second-order valence-corrected chi connectivity index (χ2v) is 6.01. The highest BCUT2D eigenvalue weighted by Crippen LogP contribution is 2.21. The van der Waals surface area contributed by atoms with Crippen molar-refractivity contribution in [3.8, 4) is 0 Å². The number of carbonyl (C=O) groups excluding carboxylic acids is 1. The number of hydrogen-bond donors (Lipinski definition) is 2. The lowest BCUT2D eigenvalue weighted by Gasteiger charge is -2.07. The van der Waals surface area contributed by atoms with E-state index in [9.17, 15) is 4.79 Å². The van der Waals surface area contributed by atoms with Gasteiger partial charge in [-0.2, -0.15) is 0 Å². The maximum absolute atomic E-state index is 12.3. The zero-order chi connectivity index (χ0) is 16.2. The lowest BCUT2D eigenvalue weighted by atomic mass is 10.1. The molecular weight excluding hydrogens is 308 g/mol. The SMILES string of the molecule is Cc1ccc(NC(=O)c2csc(Nc3ccccn3)n2)c(C)c1. The Morgan fingerprint density at radius 2 is 2.04 bits per heavy atom.